The number of rotatable bonds is 1. The maximum absolute atomic E-state index is 14.1. The lowest BCUT2D eigenvalue weighted by atomic mass is 9.91. The number of carbonyl (C=O) groups excluding carboxylic acids is 1. The van der Waals surface area contributed by atoms with E-state index in [0.29, 0.717) is 33.9 Å². The highest BCUT2D eigenvalue weighted by Gasteiger charge is 2.32. The second-order valence-corrected chi connectivity index (χ2v) is 9.36. The van der Waals surface area contributed by atoms with Gasteiger partial charge in [0.1, 0.15) is 17.0 Å². The van der Waals surface area contributed by atoms with E-state index in [9.17, 15) is 14.4 Å². The molecular weight excluding hydrogens is 443 g/mol. The summed E-state index contributed by atoms with van der Waals surface area (Å²) in [5.41, 5.74) is 8.03. The highest BCUT2D eigenvalue weighted by Crippen LogP contribution is 2.38. The summed E-state index contributed by atoms with van der Waals surface area (Å²) in [7, 11) is 1.61. The van der Waals surface area contributed by atoms with Crippen LogP contribution in [0.4, 0.5) is 10.2 Å². The van der Waals surface area contributed by atoms with Gasteiger partial charge in [0, 0.05) is 47.7 Å². The minimum atomic E-state index is -0.737. The van der Waals surface area contributed by atoms with Crippen LogP contribution in [0.25, 0.3) is 5.57 Å². The fraction of sp³-hybridized carbons (Fsp3) is 0.348. The van der Waals surface area contributed by atoms with Gasteiger partial charge < -0.3 is 10.5 Å². The molecule has 0 saturated heterocycles. The number of carbonyl (C=O) groups is 1. The largest absolute Gasteiger partial charge is 0.467 e. The molecule has 2 bridgehead atoms. The Morgan fingerprint density at radius 2 is 2.15 bits per heavy atom. The van der Waals surface area contributed by atoms with E-state index < -0.39 is 11.9 Å². The zero-order valence-corrected chi connectivity index (χ0v) is 19.5. The van der Waals surface area contributed by atoms with Gasteiger partial charge in [0.15, 0.2) is 5.82 Å². The molecule has 33 heavy (non-hydrogen) atoms. The van der Waals surface area contributed by atoms with Crippen LogP contribution in [-0.4, -0.2) is 38.3 Å². The quantitative estimate of drug-likeness (QED) is 0.627. The molecule has 1 amide bonds. The number of dihydropyridines is 1. The van der Waals surface area contributed by atoms with Crippen LogP contribution in [0.3, 0.4) is 0 Å². The third-order valence-electron chi connectivity index (χ3n) is 5.62. The molecule has 2 unspecified atom stereocenters. The fourth-order valence-electron chi connectivity index (χ4n) is 3.75. The van der Waals surface area contributed by atoms with Gasteiger partial charge in [-0.15, -0.1) is 0 Å². The van der Waals surface area contributed by atoms with E-state index in [1.165, 1.54) is 28.7 Å². The SMILES string of the molecule is CC1Oc2nc(cnc2N)C2=C(C#N)CC(C(C)C)N=C2SN(C)C(=O)c2ccc(F)cc21. The Bertz CT molecular complexity index is 1240. The molecule has 0 aliphatic carbocycles. The number of anilines is 1. The number of aliphatic imine (C=N–C) groups is 1. The van der Waals surface area contributed by atoms with Gasteiger partial charge in [-0.05, 0) is 31.0 Å². The number of nitriles is 1. The van der Waals surface area contributed by atoms with Gasteiger partial charge in [-0.25, -0.2) is 14.4 Å². The first kappa shape index (κ1) is 22.7. The van der Waals surface area contributed by atoms with Crippen LogP contribution < -0.4 is 10.5 Å². The minimum Gasteiger partial charge on any atom is -0.467 e. The van der Waals surface area contributed by atoms with E-state index in [0.717, 1.165) is 11.9 Å². The summed E-state index contributed by atoms with van der Waals surface area (Å²) < 4.78 is 21.4. The van der Waals surface area contributed by atoms with Crippen molar-refractivity contribution < 1.29 is 13.9 Å². The number of nitrogens with zero attached hydrogens (tertiary/aromatic N) is 5. The van der Waals surface area contributed by atoms with Crippen molar-refractivity contribution in [1.29, 1.82) is 5.26 Å². The smallest absolute Gasteiger partial charge is 0.264 e. The molecule has 0 radical (unpaired) electrons. The lowest BCUT2D eigenvalue weighted by Crippen LogP contribution is -2.28. The van der Waals surface area contributed by atoms with E-state index in [-0.39, 0.29) is 35.1 Å². The highest BCUT2D eigenvalue weighted by molar-refractivity contribution is 8.13. The summed E-state index contributed by atoms with van der Waals surface area (Å²) in [4.78, 5) is 27.0. The normalized spacial score (nSPS) is 20.7. The summed E-state index contributed by atoms with van der Waals surface area (Å²) in [5, 5.41) is 10.4. The van der Waals surface area contributed by atoms with Crippen molar-refractivity contribution in [2.45, 2.75) is 39.3 Å². The number of halogens is 1. The molecule has 0 spiro atoms. The predicted octanol–water partition coefficient (Wildman–Crippen LogP) is 4.18. The van der Waals surface area contributed by atoms with Crippen molar-refractivity contribution >= 4 is 34.3 Å². The Kier molecular flexibility index (Phi) is 6.08. The number of nitrogen functional groups attached to an aromatic ring is 1. The van der Waals surface area contributed by atoms with Crippen LogP contribution in [0.15, 0.2) is 35.0 Å². The van der Waals surface area contributed by atoms with Crippen LogP contribution in [0.2, 0.25) is 0 Å². The maximum Gasteiger partial charge on any atom is 0.264 e. The molecule has 2 aliphatic heterocycles. The molecule has 2 aliphatic rings. The summed E-state index contributed by atoms with van der Waals surface area (Å²) >= 11 is 1.11. The summed E-state index contributed by atoms with van der Waals surface area (Å²) in [6.07, 6.45) is 1.18. The molecule has 170 valence electrons. The average molecular weight is 467 g/mol. The molecule has 1 aromatic carbocycles. The van der Waals surface area contributed by atoms with Crippen molar-refractivity contribution in [3.63, 3.8) is 0 Å². The Balaban J connectivity index is 1.95. The summed E-state index contributed by atoms with van der Waals surface area (Å²) in [5.74, 6) is -0.568. The van der Waals surface area contributed by atoms with E-state index in [1.807, 2.05) is 13.8 Å². The van der Waals surface area contributed by atoms with Crippen molar-refractivity contribution in [3.8, 4) is 11.9 Å². The number of aromatic nitrogens is 2. The fourth-order valence-corrected chi connectivity index (χ4v) is 4.69. The molecule has 2 atom stereocenters. The zero-order chi connectivity index (χ0) is 23.9. The second kappa shape index (κ2) is 8.83. The van der Waals surface area contributed by atoms with Gasteiger partial charge in [-0.3, -0.25) is 14.1 Å². The summed E-state index contributed by atoms with van der Waals surface area (Å²) in [6, 6.07) is 6.08. The molecule has 0 fully saturated rings. The minimum absolute atomic E-state index is 0.0386. The highest BCUT2D eigenvalue weighted by atomic mass is 32.2. The monoisotopic (exact) mass is 466 g/mol. The number of amides is 1. The Morgan fingerprint density at radius 1 is 1.39 bits per heavy atom. The standard InChI is InChI=1S/C23H23FN6O2S/c1-11(2)17-7-13(9-25)19-18-10-27-20(26)21(28-18)32-12(3)16-8-14(24)5-6-15(16)23(31)30(4)33-22(19)29-17/h5-6,8,10-12,17H,7H2,1-4H3,(H2,26,27). The van der Waals surface area contributed by atoms with Gasteiger partial charge in [0.2, 0.25) is 0 Å². The van der Waals surface area contributed by atoms with E-state index in [1.54, 1.807) is 14.0 Å². The second-order valence-electron chi connectivity index (χ2n) is 8.25. The van der Waals surface area contributed by atoms with Gasteiger partial charge in [0.25, 0.3) is 11.8 Å². The van der Waals surface area contributed by atoms with Crippen molar-refractivity contribution in [2.24, 2.45) is 10.9 Å². The molecule has 0 saturated carbocycles. The Labute approximate surface area is 195 Å². The first-order chi connectivity index (χ1) is 15.7. The number of hydrogen-bond donors (Lipinski definition) is 1. The first-order valence-electron chi connectivity index (χ1n) is 10.5. The molecule has 1 aromatic heterocycles. The first-order valence-corrected chi connectivity index (χ1v) is 11.2. The third-order valence-corrected chi connectivity index (χ3v) is 6.54. The molecule has 8 nitrogen and oxygen atoms in total. The lowest BCUT2D eigenvalue weighted by molar-refractivity contribution is 0.0887. The summed E-state index contributed by atoms with van der Waals surface area (Å²) in [6.45, 7) is 5.74. The predicted molar refractivity (Wildman–Crippen MR) is 125 cm³/mol. The van der Waals surface area contributed by atoms with Gasteiger partial charge in [-0.2, -0.15) is 5.26 Å². The van der Waals surface area contributed by atoms with Crippen molar-refractivity contribution in [2.75, 3.05) is 12.8 Å². The van der Waals surface area contributed by atoms with Crippen molar-refractivity contribution in [1.82, 2.24) is 14.3 Å². The molecule has 3 heterocycles. The molecule has 2 aromatic rings. The topological polar surface area (TPSA) is 117 Å². The molecular formula is C23H23FN6O2S. The van der Waals surface area contributed by atoms with Gasteiger partial charge in [0.05, 0.1) is 24.0 Å². The molecule has 10 heteroatoms. The van der Waals surface area contributed by atoms with Gasteiger partial charge in [-0.1, -0.05) is 13.8 Å². The zero-order valence-electron chi connectivity index (χ0n) is 18.7. The third kappa shape index (κ3) is 4.28. The lowest BCUT2D eigenvalue weighted by Gasteiger charge is -2.28. The number of benzene rings is 1. The maximum atomic E-state index is 14.1. The van der Waals surface area contributed by atoms with Crippen LogP contribution in [0, 0.1) is 23.1 Å². The van der Waals surface area contributed by atoms with E-state index >= 15 is 0 Å². The molecule has 4 rings (SSSR count). The van der Waals surface area contributed by atoms with E-state index in [2.05, 4.69) is 16.0 Å². The van der Waals surface area contributed by atoms with Crippen LogP contribution in [0.5, 0.6) is 5.88 Å². The van der Waals surface area contributed by atoms with Crippen LogP contribution in [-0.2, 0) is 0 Å². The van der Waals surface area contributed by atoms with Gasteiger partial charge >= 0.3 is 0 Å². The van der Waals surface area contributed by atoms with Crippen LogP contribution in [0.1, 0.15) is 54.9 Å². The average Bonchev–Trinajstić information content (AvgIpc) is 2.78. The van der Waals surface area contributed by atoms with E-state index in [4.69, 9.17) is 15.5 Å². The number of hydrogen-bond acceptors (Lipinski definition) is 8. The Morgan fingerprint density at radius 3 is 2.85 bits per heavy atom. The van der Waals surface area contributed by atoms with Crippen molar-refractivity contribution in [3.05, 3.63) is 52.6 Å². The number of nitrogens with two attached hydrogens (primary N) is 1. The number of ether oxygens (including phenoxy) is 1. The van der Waals surface area contributed by atoms with Crippen LogP contribution >= 0.6 is 11.9 Å². The Hall–Kier alpha value is -3.45. The molecule has 2 N–H and O–H groups in total. The number of fused-ring (bicyclic) bond motifs is 5.